The van der Waals surface area contributed by atoms with Crippen LogP contribution >= 0.6 is 0 Å². The van der Waals surface area contributed by atoms with E-state index >= 15 is 0 Å². The quantitative estimate of drug-likeness (QED) is 0.775. The van der Waals surface area contributed by atoms with Gasteiger partial charge in [0, 0.05) is 18.3 Å². The largest absolute Gasteiger partial charge is 0.354 e. The lowest BCUT2D eigenvalue weighted by molar-refractivity contribution is 0.937. The average molecular weight is 212 g/mol. The first-order valence-corrected chi connectivity index (χ1v) is 5.31. The van der Waals surface area contributed by atoms with Crippen LogP contribution in [0.15, 0.2) is 47.8 Å². The third-order valence-corrected chi connectivity index (χ3v) is 2.55. The maximum absolute atomic E-state index is 4.37. The Labute approximate surface area is 93.7 Å². The molecule has 2 aromatic rings. The van der Waals surface area contributed by atoms with E-state index in [-0.39, 0.29) is 0 Å². The highest BCUT2D eigenvalue weighted by Crippen LogP contribution is 2.15. The average Bonchev–Trinajstić information content (AvgIpc) is 3.01. The van der Waals surface area contributed by atoms with Crippen molar-refractivity contribution in [1.82, 2.24) is 14.9 Å². The fraction of sp³-hybridized carbons (Fsp3) is 0.167. The van der Waals surface area contributed by atoms with E-state index in [2.05, 4.69) is 27.4 Å². The second kappa shape index (κ2) is 3.81. The molecule has 0 atom stereocenters. The zero-order valence-corrected chi connectivity index (χ0v) is 8.80. The van der Waals surface area contributed by atoms with Crippen LogP contribution < -0.4 is 5.32 Å². The SMILES string of the molecule is c1ccc(-c2cn(C3=NCCN3)cn2)cc1. The van der Waals surface area contributed by atoms with Gasteiger partial charge in [0.2, 0.25) is 5.96 Å². The van der Waals surface area contributed by atoms with Gasteiger partial charge in [-0.25, -0.2) is 4.98 Å². The van der Waals surface area contributed by atoms with Crippen LogP contribution in [0, 0.1) is 0 Å². The number of aromatic nitrogens is 2. The Bertz CT molecular complexity index is 513. The van der Waals surface area contributed by atoms with Crippen LogP contribution in [-0.4, -0.2) is 28.6 Å². The zero-order valence-electron chi connectivity index (χ0n) is 8.80. The van der Waals surface area contributed by atoms with Crippen LogP contribution in [0.4, 0.5) is 0 Å². The lowest BCUT2D eigenvalue weighted by Gasteiger charge is -2.00. The topological polar surface area (TPSA) is 42.2 Å². The van der Waals surface area contributed by atoms with Crippen molar-refractivity contribution in [2.45, 2.75) is 0 Å². The molecule has 1 aliphatic rings. The molecule has 1 aromatic carbocycles. The van der Waals surface area contributed by atoms with Crippen LogP contribution in [0.25, 0.3) is 11.3 Å². The van der Waals surface area contributed by atoms with Crippen molar-refractivity contribution >= 4 is 5.96 Å². The number of hydrogen-bond donors (Lipinski definition) is 1. The van der Waals surface area contributed by atoms with E-state index in [1.165, 1.54) is 0 Å². The molecule has 0 radical (unpaired) electrons. The molecular weight excluding hydrogens is 200 g/mol. The molecule has 0 amide bonds. The van der Waals surface area contributed by atoms with E-state index in [0.717, 1.165) is 30.3 Å². The number of benzene rings is 1. The highest BCUT2D eigenvalue weighted by atomic mass is 15.3. The molecule has 0 saturated carbocycles. The van der Waals surface area contributed by atoms with E-state index in [9.17, 15) is 0 Å². The first kappa shape index (κ1) is 9.15. The normalized spacial score (nSPS) is 14.6. The molecule has 16 heavy (non-hydrogen) atoms. The molecule has 2 heterocycles. The Morgan fingerprint density at radius 1 is 1.19 bits per heavy atom. The van der Waals surface area contributed by atoms with Gasteiger partial charge in [-0.3, -0.25) is 9.56 Å². The number of hydrogen-bond acceptors (Lipinski definition) is 3. The van der Waals surface area contributed by atoms with Crippen molar-refractivity contribution in [3.05, 3.63) is 42.9 Å². The Kier molecular flexibility index (Phi) is 2.18. The van der Waals surface area contributed by atoms with Crippen molar-refractivity contribution in [1.29, 1.82) is 0 Å². The predicted molar refractivity (Wildman–Crippen MR) is 63.4 cm³/mol. The first-order chi connectivity index (χ1) is 7.93. The van der Waals surface area contributed by atoms with Gasteiger partial charge in [0.05, 0.1) is 12.2 Å². The van der Waals surface area contributed by atoms with Gasteiger partial charge in [0.1, 0.15) is 6.33 Å². The summed E-state index contributed by atoms with van der Waals surface area (Å²) >= 11 is 0. The lowest BCUT2D eigenvalue weighted by Crippen LogP contribution is -2.24. The number of aliphatic imine (C=N–C) groups is 1. The molecule has 0 fully saturated rings. The standard InChI is InChI=1S/C12H12N4/c1-2-4-10(5-3-1)11-8-16(9-15-11)12-13-6-7-14-12/h1-5,8-9H,6-7H2,(H,13,14). The number of imidazole rings is 1. The molecule has 0 saturated heterocycles. The van der Waals surface area contributed by atoms with E-state index < -0.39 is 0 Å². The van der Waals surface area contributed by atoms with Crippen LogP contribution in [0.1, 0.15) is 0 Å². The summed E-state index contributed by atoms with van der Waals surface area (Å²) in [5, 5.41) is 3.21. The third-order valence-electron chi connectivity index (χ3n) is 2.55. The molecule has 0 unspecified atom stereocenters. The van der Waals surface area contributed by atoms with Crippen molar-refractivity contribution in [3.8, 4) is 11.3 Å². The summed E-state index contributed by atoms with van der Waals surface area (Å²) < 4.78 is 1.93. The first-order valence-electron chi connectivity index (χ1n) is 5.31. The molecule has 4 nitrogen and oxygen atoms in total. The monoisotopic (exact) mass is 212 g/mol. The second-order valence-corrected chi connectivity index (χ2v) is 3.66. The number of rotatable bonds is 1. The van der Waals surface area contributed by atoms with Crippen molar-refractivity contribution in [2.24, 2.45) is 4.99 Å². The number of nitrogens with one attached hydrogen (secondary N) is 1. The second-order valence-electron chi connectivity index (χ2n) is 3.66. The highest BCUT2D eigenvalue weighted by Gasteiger charge is 2.08. The van der Waals surface area contributed by atoms with Crippen LogP contribution in [0.2, 0.25) is 0 Å². The van der Waals surface area contributed by atoms with E-state index in [0.29, 0.717) is 0 Å². The lowest BCUT2D eigenvalue weighted by atomic mass is 10.2. The maximum atomic E-state index is 4.37. The van der Waals surface area contributed by atoms with Crippen LogP contribution in [0.3, 0.4) is 0 Å². The van der Waals surface area contributed by atoms with Gasteiger partial charge in [0.15, 0.2) is 0 Å². The molecule has 1 aliphatic heterocycles. The van der Waals surface area contributed by atoms with E-state index in [4.69, 9.17) is 0 Å². The fourth-order valence-corrected chi connectivity index (χ4v) is 1.75. The van der Waals surface area contributed by atoms with Gasteiger partial charge in [-0.2, -0.15) is 0 Å². The molecule has 4 heteroatoms. The summed E-state index contributed by atoms with van der Waals surface area (Å²) in [5.41, 5.74) is 2.09. The smallest absolute Gasteiger partial charge is 0.203 e. The fourth-order valence-electron chi connectivity index (χ4n) is 1.75. The van der Waals surface area contributed by atoms with Gasteiger partial charge < -0.3 is 5.32 Å². The summed E-state index contributed by atoms with van der Waals surface area (Å²) in [5.74, 6) is 0.884. The molecule has 0 bridgehead atoms. The summed E-state index contributed by atoms with van der Waals surface area (Å²) in [6, 6.07) is 10.1. The molecule has 1 N–H and O–H groups in total. The van der Waals surface area contributed by atoms with Gasteiger partial charge in [0.25, 0.3) is 0 Å². The minimum atomic E-state index is 0.841. The van der Waals surface area contributed by atoms with Crippen LogP contribution in [-0.2, 0) is 0 Å². The Morgan fingerprint density at radius 3 is 2.81 bits per heavy atom. The van der Waals surface area contributed by atoms with Gasteiger partial charge in [-0.1, -0.05) is 30.3 Å². The van der Waals surface area contributed by atoms with Crippen molar-refractivity contribution in [2.75, 3.05) is 13.1 Å². The third kappa shape index (κ3) is 1.58. The molecule has 3 rings (SSSR count). The summed E-state index contributed by atoms with van der Waals surface area (Å²) in [7, 11) is 0. The summed E-state index contributed by atoms with van der Waals surface area (Å²) in [6.07, 6.45) is 3.78. The minimum Gasteiger partial charge on any atom is -0.354 e. The van der Waals surface area contributed by atoms with E-state index in [1.807, 2.05) is 29.0 Å². The molecular formula is C12H12N4. The zero-order chi connectivity index (χ0) is 10.8. The van der Waals surface area contributed by atoms with Gasteiger partial charge >= 0.3 is 0 Å². The van der Waals surface area contributed by atoms with Crippen molar-refractivity contribution < 1.29 is 0 Å². The molecule has 0 spiro atoms. The van der Waals surface area contributed by atoms with Gasteiger partial charge in [-0.15, -0.1) is 0 Å². The van der Waals surface area contributed by atoms with E-state index in [1.54, 1.807) is 6.33 Å². The Morgan fingerprint density at radius 2 is 2.06 bits per heavy atom. The highest BCUT2D eigenvalue weighted by molar-refractivity contribution is 5.84. The summed E-state index contributed by atoms with van der Waals surface area (Å²) in [4.78, 5) is 8.71. The Hall–Kier alpha value is -2.10. The predicted octanol–water partition coefficient (Wildman–Crippen LogP) is 1.36. The summed E-state index contributed by atoms with van der Waals surface area (Å²) in [6.45, 7) is 1.75. The van der Waals surface area contributed by atoms with Gasteiger partial charge in [-0.05, 0) is 0 Å². The maximum Gasteiger partial charge on any atom is 0.203 e. The Balaban J connectivity index is 1.94. The molecule has 0 aliphatic carbocycles. The van der Waals surface area contributed by atoms with Crippen LogP contribution in [0.5, 0.6) is 0 Å². The molecule has 1 aromatic heterocycles. The van der Waals surface area contributed by atoms with Crippen molar-refractivity contribution in [3.63, 3.8) is 0 Å². The minimum absolute atomic E-state index is 0.841. The molecule has 80 valence electrons. The number of nitrogens with zero attached hydrogens (tertiary/aromatic N) is 3.